The molecule has 2 aromatic rings. The minimum absolute atomic E-state index is 0.172. The van der Waals surface area contributed by atoms with E-state index in [1.165, 1.54) is 11.3 Å². The zero-order valence-electron chi connectivity index (χ0n) is 14.5. The number of ether oxygens (including phenoxy) is 1. The van der Waals surface area contributed by atoms with Crippen molar-refractivity contribution in [2.75, 3.05) is 11.9 Å². The molecule has 10 heteroatoms. The van der Waals surface area contributed by atoms with E-state index >= 15 is 0 Å². The molecule has 1 aromatic carbocycles. The molecule has 0 spiro atoms. The molecule has 0 fully saturated rings. The number of nitrogens with one attached hydrogen (secondary N) is 1. The molecule has 0 aliphatic heterocycles. The van der Waals surface area contributed by atoms with Crippen molar-refractivity contribution in [1.29, 1.82) is 0 Å². The lowest BCUT2D eigenvalue weighted by molar-refractivity contribution is -0.138. The molecule has 0 radical (unpaired) electrons. The van der Waals surface area contributed by atoms with Gasteiger partial charge in [0.05, 0.1) is 12.2 Å². The normalized spacial score (nSPS) is 11.6. The van der Waals surface area contributed by atoms with Crippen LogP contribution in [0.3, 0.4) is 0 Å². The van der Waals surface area contributed by atoms with Gasteiger partial charge in [0.15, 0.2) is 0 Å². The van der Waals surface area contributed by atoms with E-state index in [0.717, 1.165) is 16.0 Å². The number of hydrogen-bond acceptors (Lipinski definition) is 6. The first-order valence-electron chi connectivity index (χ1n) is 7.91. The second-order valence-electron chi connectivity index (χ2n) is 5.77. The number of anilines is 1. The van der Waals surface area contributed by atoms with E-state index in [9.17, 15) is 14.4 Å². The fourth-order valence-electron chi connectivity index (χ4n) is 2.31. The van der Waals surface area contributed by atoms with Gasteiger partial charge < -0.3 is 27.0 Å². The third-order valence-electron chi connectivity index (χ3n) is 3.70. The Bertz CT molecular complexity index is 880. The summed E-state index contributed by atoms with van der Waals surface area (Å²) >= 11 is 1.17. The van der Waals surface area contributed by atoms with Gasteiger partial charge in [0.25, 0.3) is 5.91 Å². The Kier molecular flexibility index (Phi) is 6.37. The van der Waals surface area contributed by atoms with Crippen LogP contribution < -0.4 is 27.3 Å². The summed E-state index contributed by atoms with van der Waals surface area (Å²) in [5.74, 6) is -1.15. The van der Waals surface area contributed by atoms with Gasteiger partial charge in [-0.05, 0) is 42.3 Å². The number of amides is 3. The van der Waals surface area contributed by atoms with E-state index in [1.54, 1.807) is 18.2 Å². The molecule has 9 nitrogen and oxygen atoms in total. The molecule has 0 bridgehead atoms. The SMILES string of the molecule is Cc1cc(-c2cc(C(N)=O)c(NC(N)=O)s2)ccc1OCC[C@H](N)C(=O)O. The second kappa shape index (κ2) is 8.52. The number of primary amides is 2. The summed E-state index contributed by atoms with van der Waals surface area (Å²) < 4.78 is 5.58. The molecule has 1 heterocycles. The number of carbonyl (C=O) groups is 3. The second-order valence-corrected chi connectivity index (χ2v) is 6.82. The van der Waals surface area contributed by atoms with Crippen LogP contribution in [0.15, 0.2) is 24.3 Å². The molecule has 2 rings (SSSR count). The fourth-order valence-corrected chi connectivity index (χ4v) is 3.37. The molecule has 8 N–H and O–H groups in total. The number of aryl methyl sites for hydroxylation is 1. The predicted octanol–water partition coefficient (Wildman–Crippen LogP) is 1.49. The highest BCUT2D eigenvalue weighted by Crippen LogP contribution is 2.36. The Hall–Kier alpha value is -3.11. The number of thiophene rings is 1. The molecule has 1 aromatic heterocycles. The summed E-state index contributed by atoms with van der Waals surface area (Å²) in [5.41, 5.74) is 17.7. The number of carbonyl (C=O) groups excluding carboxylic acids is 2. The van der Waals surface area contributed by atoms with Gasteiger partial charge in [-0.3, -0.25) is 14.9 Å². The lowest BCUT2D eigenvalue weighted by Crippen LogP contribution is -2.31. The zero-order valence-corrected chi connectivity index (χ0v) is 15.3. The molecule has 27 heavy (non-hydrogen) atoms. The lowest BCUT2D eigenvalue weighted by atomic mass is 10.1. The molecule has 0 aliphatic rings. The Labute approximate surface area is 159 Å². The maximum atomic E-state index is 11.6. The third kappa shape index (κ3) is 5.19. The molecular weight excluding hydrogens is 372 g/mol. The zero-order chi connectivity index (χ0) is 20.1. The number of carboxylic acid groups (broad SMARTS) is 1. The van der Waals surface area contributed by atoms with Crippen LogP contribution in [0, 0.1) is 6.92 Å². The number of aliphatic carboxylic acids is 1. The van der Waals surface area contributed by atoms with Gasteiger partial charge in [-0.15, -0.1) is 11.3 Å². The van der Waals surface area contributed by atoms with Crippen LogP contribution in [-0.2, 0) is 4.79 Å². The first-order chi connectivity index (χ1) is 12.7. The van der Waals surface area contributed by atoms with Crippen molar-refractivity contribution < 1.29 is 24.2 Å². The quantitative estimate of drug-likeness (QED) is 0.455. The minimum atomic E-state index is -1.08. The van der Waals surface area contributed by atoms with Crippen LogP contribution >= 0.6 is 11.3 Å². The van der Waals surface area contributed by atoms with Crippen LogP contribution in [0.4, 0.5) is 9.80 Å². The average molecular weight is 392 g/mol. The van der Waals surface area contributed by atoms with E-state index in [0.29, 0.717) is 5.75 Å². The van der Waals surface area contributed by atoms with E-state index in [1.807, 2.05) is 13.0 Å². The number of urea groups is 1. The van der Waals surface area contributed by atoms with Crippen molar-refractivity contribution in [2.45, 2.75) is 19.4 Å². The molecule has 0 aliphatic carbocycles. The Morgan fingerprint density at radius 1 is 1.26 bits per heavy atom. The smallest absolute Gasteiger partial charge is 0.320 e. The molecule has 144 valence electrons. The van der Waals surface area contributed by atoms with Crippen LogP contribution in [0.5, 0.6) is 5.75 Å². The maximum Gasteiger partial charge on any atom is 0.320 e. The van der Waals surface area contributed by atoms with Gasteiger partial charge in [-0.25, -0.2) is 4.79 Å². The van der Waals surface area contributed by atoms with Gasteiger partial charge in [-0.1, -0.05) is 0 Å². The predicted molar refractivity (Wildman–Crippen MR) is 102 cm³/mol. The van der Waals surface area contributed by atoms with Crippen LogP contribution in [0.1, 0.15) is 22.3 Å². The highest BCUT2D eigenvalue weighted by molar-refractivity contribution is 7.20. The van der Waals surface area contributed by atoms with Gasteiger partial charge in [0, 0.05) is 11.3 Å². The first kappa shape index (κ1) is 20.2. The first-order valence-corrected chi connectivity index (χ1v) is 8.73. The number of benzene rings is 1. The van der Waals surface area contributed by atoms with E-state index in [4.69, 9.17) is 27.0 Å². The Morgan fingerprint density at radius 2 is 1.96 bits per heavy atom. The number of hydrogen-bond donors (Lipinski definition) is 5. The van der Waals surface area contributed by atoms with Gasteiger partial charge in [0.1, 0.15) is 16.8 Å². The van der Waals surface area contributed by atoms with Gasteiger partial charge in [-0.2, -0.15) is 0 Å². The highest BCUT2D eigenvalue weighted by atomic mass is 32.1. The van der Waals surface area contributed by atoms with E-state index in [2.05, 4.69) is 5.32 Å². The molecular formula is C17H20N4O5S. The molecule has 1 atom stereocenters. The summed E-state index contributed by atoms with van der Waals surface area (Å²) in [6.45, 7) is 2.01. The number of carboxylic acids is 1. The summed E-state index contributed by atoms with van der Waals surface area (Å²) in [6.07, 6.45) is 0.186. The van der Waals surface area contributed by atoms with E-state index < -0.39 is 23.9 Å². The van der Waals surface area contributed by atoms with Crippen molar-refractivity contribution in [3.05, 3.63) is 35.4 Å². The monoisotopic (exact) mass is 392 g/mol. The van der Waals surface area contributed by atoms with Gasteiger partial charge >= 0.3 is 12.0 Å². The molecule has 0 unspecified atom stereocenters. The largest absolute Gasteiger partial charge is 0.493 e. The fraction of sp³-hybridized carbons (Fsp3) is 0.235. The van der Waals surface area contributed by atoms with Crippen molar-refractivity contribution in [3.63, 3.8) is 0 Å². The maximum absolute atomic E-state index is 11.6. The Balaban J connectivity index is 2.18. The van der Waals surface area contributed by atoms with Crippen molar-refractivity contribution in [2.24, 2.45) is 17.2 Å². The third-order valence-corrected chi connectivity index (χ3v) is 4.80. The topological polar surface area (TPSA) is 171 Å². The molecule has 3 amide bonds. The molecule has 0 saturated carbocycles. The summed E-state index contributed by atoms with van der Waals surface area (Å²) in [7, 11) is 0. The van der Waals surface area contributed by atoms with Crippen LogP contribution in [0.25, 0.3) is 10.4 Å². The summed E-state index contributed by atoms with van der Waals surface area (Å²) in [6, 6.07) is 5.19. The average Bonchev–Trinajstić information content (AvgIpc) is 2.99. The van der Waals surface area contributed by atoms with Crippen LogP contribution in [-0.4, -0.2) is 35.7 Å². The van der Waals surface area contributed by atoms with Crippen molar-refractivity contribution in [3.8, 4) is 16.2 Å². The summed E-state index contributed by atoms with van der Waals surface area (Å²) in [5, 5.41) is 11.4. The van der Waals surface area contributed by atoms with Crippen molar-refractivity contribution in [1.82, 2.24) is 0 Å². The van der Waals surface area contributed by atoms with E-state index in [-0.39, 0.29) is 23.6 Å². The number of rotatable bonds is 8. The standard InChI is InChI=1S/C17H20N4O5S/c1-8-6-9(2-3-12(8)26-5-4-11(18)16(23)24)13-7-10(14(19)22)15(27-13)21-17(20)25/h2-3,6-7,11H,4-5,18H2,1H3,(H2,19,22)(H,23,24)(H3,20,21,25)/t11-/m0/s1. The van der Waals surface area contributed by atoms with Gasteiger partial charge in [0.2, 0.25) is 0 Å². The van der Waals surface area contributed by atoms with Crippen molar-refractivity contribution >= 4 is 34.2 Å². The minimum Gasteiger partial charge on any atom is -0.493 e. The summed E-state index contributed by atoms with van der Waals surface area (Å²) in [4.78, 5) is 34.1. The number of nitrogens with two attached hydrogens (primary N) is 3. The Morgan fingerprint density at radius 3 is 2.52 bits per heavy atom. The van der Waals surface area contributed by atoms with Crippen LogP contribution in [0.2, 0.25) is 0 Å². The lowest BCUT2D eigenvalue weighted by Gasteiger charge is -2.11. The highest BCUT2D eigenvalue weighted by Gasteiger charge is 2.17. The molecule has 0 saturated heterocycles.